The predicted molar refractivity (Wildman–Crippen MR) is 73.7 cm³/mol. The van der Waals surface area contributed by atoms with Gasteiger partial charge in [0.25, 0.3) is 0 Å². The Kier molecular flexibility index (Phi) is 4.16. The van der Waals surface area contributed by atoms with E-state index in [4.69, 9.17) is 5.11 Å². The van der Waals surface area contributed by atoms with Crippen LogP contribution in [-0.2, 0) is 6.42 Å². The Balaban J connectivity index is 2.52. The molecule has 1 aromatic carbocycles. The Bertz CT molecular complexity index is 599. The fraction of sp³-hybridized carbons (Fsp3) is 0.429. The predicted octanol–water partition coefficient (Wildman–Crippen LogP) is 1.61. The molecule has 0 fully saturated rings. The van der Waals surface area contributed by atoms with Gasteiger partial charge in [-0.25, -0.2) is 14.5 Å². The first-order chi connectivity index (χ1) is 9.15. The first kappa shape index (κ1) is 13.5. The molecule has 1 heterocycles. The minimum Gasteiger partial charge on any atom is -0.396 e. The highest BCUT2D eigenvalue weighted by molar-refractivity contribution is 5.43. The Morgan fingerprint density at radius 3 is 2.79 bits per heavy atom. The Morgan fingerprint density at radius 2 is 2.11 bits per heavy atom. The summed E-state index contributed by atoms with van der Waals surface area (Å²) in [4.78, 5) is 12.0. The van der Waals surface area contributed by atoms with Gasteiger partial charge in [0, 0.05) is 13.0 Å². The van der Waals surface area contributed by atoms with Gasteiger partial charge in [-0.1, -0.05) is 32.0 Å². The second-order valence-corrected chi connectivity index (χ2v) is 4.82. The molecule has 0 unspecified atom stereocenters. The molecule has 5 heteroatoms. The summed E-state index contributed by atoms with van der Waals surface area (Å²) in [6, 6.07) is 7.83. The van der Waals surface area contributed by atoms with Gasteiger partial charge in [-0.05, 0) is 24.0 Å². The van der Waals surface area contributed by atoms with E-state index >= 15 is 0 Å². The number of aryl methyl sites for hydroxylation is 1. The molecule has 2 aromatic rings. The third kappa shape index (κ3) is 2.76. The van der Waals surface area contributed by atoms with Crippen LogP contribution in [0.15, 0.2) is 29.1 Å². The molecule has 0 bridgehead atoms. The van der Waals surface area contributed by atoms with E-state index in [9.17, 15) is 4.79 Å². The molecule has 0 radical (unpaired) electrons. The van der Waals surface area contributed by atoms with Crippen molar-refractivity contribution in [2.75, 3.05) is 6.61 Å². The molecule has 19 heavy (non-hydrogen) atoms. The van der Waals surface area contributed by atoms with Crippen molar-refractivity contribution in [3.8, 4) is 5.69 Å². The molecule has 0 saturated carbocycles. The van der Waals surface area contributed by atoms with E-state index in [-0.39, 0.29) is 12.3 Å². The molecule has 102 valence electrons. The Morgan fingerprint density at radius 1 is 1.37 bits per heavy atom. The number of H-pyrrole nitrogens is 1. The topological polar surface area (TPSA) is 70.9 Å². The number of nitrogens with one attached hydrogen (secondary N) is 1. The smallest absolute Gasteiger partial charge is 0.347 e. The molecule has 5 nitrogen and oxygen atoms in total. The Labute approximate surface area is 111 Å². The zero-order valence-electron chi connectivity index (χ0n) is 11.3. The summed E-state index contributed by atoms with van der Waals surface area (Å²) in [5.74, 6) is 0.982. The van der Waals surface area contributed by atoms with Crippen LogP contribution in [0.2, 0.25) is 0 Å². The van der Waals surface area contributed by atoms with Gasteiger partial charge in [-0.3, -0.25) is 0 Å². The summed E-state index contributed by atoms with van der Waals surface area (Å²) in [7, 11) is 0. The van der Waals surface area contributed by atoms with Crippen LogP contribution >= 0.6 is 0 Å². The van der Waals surface area contributed by atoms with Crippen molar-refractivity contribution in [1.29, 1.82) is 0 Å². The Hall–Kier alpha value is -1.88. The number of aliphatic hydroxyl groups is 1. The number of nitrogens with zero attached hydrogens (tertiary/aromatic N) is 2. The lowest BCUT2D eigenvalue weighted by molar-refractivity contribution is 0.287. The number of rotatable bonds is 5. The lowest BCUT2D eigenvalue weighted by atomic mass is 10.0. The fourth-order valence-electron chi connectivity index (χ4n) is 2.16. The quantitative estimate of drug-likeness (QED) is 0.859. The van der Waals surface area contributed by atoms with Gasteiger partial charge in [0.2, 0.25) is 0 Å². The van der Waals surface area contributed by atoms with E-state index in [0.717, 1.165) is 11.3 Å². The average molecular weight is 261 g/mol. The molecule has 0 aliphatic carbocycles. The van der Waals surface area contributed by atoms with Crippen molar-refractivity contribution in [3.63, 3.8) is 0 Å². The number of benzene rings is 1. The third-order valence-corrected chi connectivity index (χ3v) is 3.10. The minimum absolute atomic E-state index is 0.0902. The van der Waals surface area contributed by atoms with Crippen LogP contribution in [0.5, 0.6) is 0 Å². The van der Waals surface area contributed by atoms with Crippen LogP contribution in [0.1, 0.15) is 37.6 Å². The number of hydrogen-bond donors (Lipinski definition) is 2. The van der Waals surface area contributed by atoms with Crippen LogP contribution in [-0.4, -0.2) is 26.5 Å². The van der Waals surface area contributed by atoms with Crippen LogP contribution in [0.4, 0.5) is 0 Å². The van der Waals surface area contributed by atoms with E-state index in [2.05, 4.69) is 24.0 Å². The van der Waals surface area contributed by atoms with Gasteiger partial charge >= 0.3 is 5.69 Å². The number of hydrogen-bond acceptors (Lipinski definition) is 3. The third-order valence-electron chi connectivity index (χ3n) is 3.10. The molecule has 2 N–H and O–H groups in total. The maximum absolute atomic E-state index is 12.0. The number of para-hydroxylation sites is 1. The summed E-state index contributed by atoms with van der Waals surface area (Å²) in [6.07, 6.45) is 1.16. The van der Waals surface area contributed by atoms with Crippen molar-refractivity contribution >= 4 is 0 Å². The van der Waals surface area contributed by atoms with Crippen molar-refractivity contribution in [3.05, 3.63) is 46.1 Å². The second kappa shape index (κ2) is 5.84. The molecule has 0 aliphatic heterocycles. The number of aromatic amines is 1. The van der Waals surface area contributed by atoms with Gasteiger partial charge in [0.05, 0.1) is 5.69 Å². The molecule has 0 spiro atoms. The van der Waals surface area contributed by atoms with Gasteiger partial charge < -0.3 is 5.11 Å². The van der Waals surface area contributed by atoms with Crippen molar-refractivity contribution in [2.24, 2.45) is 0 Å². The van der Waals surface area contributed by atoms with Crippen LogP contribution in [0.3, 0.4) is 0 Å². The normalized spacial score (nSPS) is 11.2. The molecule has 2 rings (SSSR count). The highest BCUT2D eigenvalue weighted by atomic mass is 16.3. The summed E-state index contributed by atoms with van der Waals surface area (Å²) in [5.41, 5.74) is 1.74. The zero-order valence-corrected chi connectivity index (χ0v) is 11.3. The number of aliphatic hydroxyl groups excluding tert-OH is 1. The molecular formula is C14H19N3O2. The van der Waals surface area contributed by atoms with Crippen molar-refractivity contribution in [1.82, 2.24) is 14.8 Å². The van der Waals surface area contributed by atoms with Gasteiger partial charge in [-0.15, -0.1) is 0 Å². The van der Waals surface area contributed by atoms with Gasteiger partial charge in [0.15, 0.2) is 0 Å². The molecule has 0 amide bonds. The summed E-state index contributed by atoms with van der Waals surface area (Å²) in [5, 5.41) is 15.4. The highest BCUT2D eigenvalue weighted by Gasteiger charge is 2.14. The zero-order chi connectivity index (χ0) is 13.8. The molecule has 0 atom stereocenters. The molecule has 1 aromatic heterocycles. The van der Waals surface area contributed by atoms with Gasteiger partial charge in [0.1, 0.15) is 5.82 Å². The van der Waals surface area contributed by atoms with Crippen molar-refractivity contribution in [2.45, 2.75) is 32.6 Å². The largest absolute Gasteiger partial charge is 0.396 e. The SMILES string of the molecule is CC(C)c1ccccc1-n1c(CCCO)n[nH]c1=O. The lowest BCUT2D eigenvalue weighted by Crippen LogP contribution is -2.19. The van der Waals surface area contributed by atoms with Crippen LogP contribution in [0.25, 0.3) is 5.69 Å². The standard InChI is InChI=1S/C14H19N3O2/c1-10(2)11-6-3-4-7-12(11)17-13(8-5-9-18)15-16-14(17)19/h3-4,6-7,10,18H,5,8-9H2,1-2H3,(H,16,19). The average Bonchev–Trinajstić information content (AvgIpc) is 2.77. The summed E-state index contributed by atoms with van der Waals surface area (Å²) >= 11 is 0. The van der Waals surface area contributed by atoms with Gasteiger partial charge in [-0.2, -0.15) is 5.10 Å². The van der Waals surface area contributed by atoms with E-state index in [1.54, 1.807) is 4.57 Å². The van der Waals surface area contributed by atoms with E-state index in [1.165, 1.54) is 0 Å². The first-order valence-electron chi connectivity index (χ1n) is 6.51. The molecule has 0 saturated heterocycles. The highest BCUT2D eigenvalue weighted by Crippen LogP contribution is 2.22. The summed E-state index contributed by atoms with van der Waals surface area (Å²) < 4.78 is 1.60. The van der Waals surface area contributed by atoms with E-state index in [1.807, 2.05) is 24.3 Å². The maximum atomic E-state index is 12.0. The van der Waals surface area contributed by atoms with Crippen LogP contribution in [0, 0.1) is 0 Å². The lowest BCUT2D eigenvalue weighted by Gasteiger charge is -2.13. The van der Waals surface area contributed by atoms with Crippen LogP contribution < -0.4 is 5.69 Å². The number of aromatic nitrogens is 3. The van der Waals surface area contributed by atoms with E-state index < -0.39 is 0 Å². The first-order valence-corrected chi connectivity index (χ1v) is 6.51. The van der Waals surface area contributed by atoms with E-state index in [0.29, 0.717) is 24.6 Å². The summed E-state index contributed by atoms with van der Waals surface area (Å²) in [6.45, 7) is 4.28. The maximum Gasteiger partial charge on any atom is 0.347 e. The molecule has 0 aliphatic rings. The minimum atomic E-state index is -0.235. The monoisotopic (exact) mass is 261 g/mol. The van der Waals surface area contributed by atoms with Crippen molar-refractivity contribution < 1.29 is 5.11 Å². The fourth-order valence-corrected chi connectivity index (χ4v) is 2.16. The molecular weight excluding hydrogens is 242 g/mol. The second-order valence-electron chi connectivity index (χ2n) is 4.82.